The molecule has 0 spiro atoms. The number of benzene rings is 3. The van der Waals surface area contributed by atoms with Gasteiger partial charge in [-0.15, -0.1) is 0 Å². The average molecular weight is 333 g/mol. The van der Waals surface area contributed by atoms with Gasteiger partial charge in [0.25, 0.3) is 5.91 Å². The van der Waals surface area contributed by atoms with Crippen LogP contribution < -0.4 is 15.9 Å². The van der Waals surface area contributed by atoms with E-state index >= 15 is 0 Å². The fraction of sp³-hybridized carbons (Fsp3) is 0.100. The van der Waals surface area contributed by atoms with Crippen LogP contribution in [0.3, 0.4) is 0 Å². The molecule has 5 nitrogen and oxygen atoms in total. The number of nitrogen functional groups attached to an aromatic ring is 1. The van der Waals surface area contributed by atoms with E-state index in [-0.39, 0.29) is 5.91 Å². The molecule has 3 aromatic rings. The monoisotopic (exact) mass is 333 g/mol. The van der Waals surface area contributed by atoms with Crippen LogP contribution in [0.25, 0.3) is 10.8 Å². The van der Waals surface area contributed by atoms with E-state index in [2.05, 4.69) is 10.5 Å². The van der Waals surface area contributed by atoms with Gasteiger partial charge in [-0.2, -0.15) is 5.10 Å². The van der Waals surface area contributed by atoms with Crippen LogP contribution in [0.4, 0.5) is 5.69 Å². The van der Waals surface area contributed by atoms with E-state index in [9.17, 15) is 4.79 Å². The first kappa shape index (κ1) is 16.5. The van der Waals surface area contributed by atoms with E-state index in [1.807, 2.05) is 43.3 Å². The van der Waals surface area contributed by atoms with Crippen LogP contribution >= 0.6 is 0 Å². The summed E-state index contributed by atoms with van der Waals surface area (Å²) in [7, 11) is 0. The number of hydrazone groups is 1. The maximum absolute atomic E-state index is 12.1. The van der Waals surface area contributed by atoms with Gasteiger partial charge in [0.15, 0.2) is 0 Å². The molecular weight excluding hydrogens is 314 g/mol. The number of fused-ring (bicyclic) bond motifs is 1. The molecule has 0 fully saturated rings. The van der Waals surface area contributed by atoms with Crippen LogP contribution in [0, 0.1) is 0 Å². The van der Waals surface area contributed by atoms with E-state index in [1.165, 1.54) is 0 Å². The molecule has 0 saturated heterocycles. The number of rotatable bonds is 5. The molecule has 0 aromatic heterocycles. The Morgan fingerprint density at radius 1 is 1.12 bits per heavy atom. The molecule has 3 N–H and O–H groups in total. The molecule has 0 heterocycles. The number of anilines is 1. The number of hydrogen-bond acceptors (Lipinski definition) is 4. The Hall–Kier alpha value is -3.34. The van der Waals surface area contributed by atoms with Crippen molar-refractivity contribution in [3.05, 3.63) is 71.8 Å². The van der Waals surface area contributed by atoms with Gasteiger partial charge in [0.2, 0.25) is 0 Å². The maximum Gasteiger partial charge on any atom is 0.271 e. The van der Waals surface area contributed by atoms with Gasteiger partial charge >= 0.3 is 0 Å². The largest absolute Gasteiger partial charge is 0.493 e. The third-order valence-corrected chi connectivity index (χ3v) is 3.76. The van der Waals surface area contributed by atoms with Crippen molar-refractivity contribution in [2.24, 2.45) is 5.10 Å². The summed E-state index contributed by atoms with van der Waals surface area (Å²) in [5, 5.41) is 6.19. The van der Waals surface area contributed by atoms with Crippen molar-refractivity contribution in [2.75, 3.05) is 12.3 Å². The first-order chi connectivity index (χ1) is 12.2. The number of hydrogen-bond donors (Lipinski definition) is 2. The van der Waals surface area contributed by atoms with Crippen LogP contribution in [-0.2, 0) is 0 Å². The highest BCUT2D eigenvalue weighted by Gasteiger charge is 2.07. The predicted molar refractivity (Wildman–Crippen MR) is 101 cm³/mol. The van der Waals surface area contributed by atoms with Gasteiger partial charge < -0.3 is 10.5 Å². The van der Waals surface area contributed by atoms with Crippen molar-refractivity contribution in [3.63, 3.8) is 0 Å². The molecule has 0 aliphatic rings. The zero-order chi connectivity index (χ0) is 17.6. The summed E-state index contributed by atoms with van der Waals surface area (Å²) < 4.78 is 5.68. The van der Waals surface area contributed by atoms with Gasteiger partial charge in [-0.3, -0.25) is 4.79 Å². The fourth-order valence-electron chi connectivity index (χ4n) is 2.54. The van der Waals surface area contributed by atoms with Gasteiger partial charge in [-0.1, -0.05) is 30.3 Å². The lowest BCUT2D eigenvalue weighted by Crippen LogP contribution is -2.17. The van der Waals surface area contributed by atoms with Crippen molar-refractivity contribution in [1.29, 1.82) is 0 Å². The Labute approximate surface area is 146 Å². The van der Waals surface area contributed by atoms with E-state index < -0.39 is 0 Å². The minimum Gasteiger partial charge on any atom is -0.493 e. The van der Waals surface area contributed by atoms with E-state index in [0.717, 1.165) is 22.1 Å². The number of nitrogens with one attached hydrogen (secondary N) is 1. The first-order valence-electron chi connectivity index (χ1n) is 8.02. The van der Waals surface area contributed by atoms with Crippen molar-refractivity contribution < 1.29 is 9.53 Å². The molecule has 0 bridgehead atoms. The number of nitrogens with zero attached hydrogens (tertiary/aromatic N) is 1. The molecule has 3 aromatic carbocycles. The quantitative estimate of drug-likeness (QED) is 0.425. The maximum atomic E-state index is 12.1. The molecule has 0 saturated carbocycles. The Kier molecular flexibility index (Phi) is 4.95. The van der Waals surface area contributed by atoms with Gasteiger partial charge in [0, 0.05) is 16.8 Å². The minimum absolute atomic E-state index is 0.297. The number of ether oxygens (including phenoxy) is 1. The molecular formula is C20H19N3O2. The van der Waals surface area contributed by atoms with Gasteiger partial charge in [-0.25, -0.2) is 5.43 Å². The molecule has 0 aliphatic heterocycles. The fourth-order valence-corrected chi connectivity index (χ4v) is 2.54. The smallest absolute Gasteiger partial charge is 0.271 e. The van der Waals surface area contributed by atoms with Crippen molar-refractivity contribution in [1.82, 2.24) is 5.43 Å². The summed E-state index contributed by atoms with van der Waals surface area (Å²) in [6, 6.07) is 18.5. The van der Waals surface area contributed by atoms with Gasteiger partial charge in [0.1, 0.15) is 5.75 Å². The summed E-state index contributed by atoms with van der Waals surface area (Å²) >= 11 is 0. The predicted octanol–water partition coefficient (Wildman–Crippen LogP) is 3.58. The summed E-state index contributed by atoms with van der Waals surface area (Å²) in [5.74, 6) is 0.432. The lowest BCUT2D eigenvalue weighted by molar-refractivity contribution is 0.0955. The van der Waals surface area contributed by atoms with Crippen LogP contribution in [0.5, 0.6) is 5.75 Å². The van der Waals surface area contributed by atoms with Crippen LogP contribution in [0.15, 0.2) is 65.8 Å². The second kappa shape index (κ2) is 7.49. The molecule has 0 unspecified atom stereocenters. The van der Waals surface area contributed by atoms with Crippen molar-refractivity contribution in [2.45, 2.75) is 6.92 Å². The molecule has 25 heavy (non-hydrogen) atoms. The lowest BCUT2D eigenvalue weighted by atomic mass is 10.0. The zero-order valence-corrected chi connectivity index (χ0v) is 13.9. The number of carbonyl (C=O) groups excluding carboxylic acids is 1. The Balaban J connectivity index is 1.86. The SMILES string of the molecule is CCOc1ccc2ccccc2c1C=NNC(=O)c1ccc(N)cc1. The van der Waals surface area contributed by atoms with E-state index in [0.29, 0.717) is 17.9 Å². The molecule has 1 amide bonds. The summed E-state index contributed by atoms with van der Waals surface area (Å²) in [4.78, 5) is 12.1. The molecule has 5 heteroatoms. The normalized spacial score (nSPS) is 10.9. The zero-order valence-electron chi connectivity index (χ0n) is 13.9. The second-order valence-corrected chi connectivity index (χ2v) is 5.45. The standard InChI is InChI=1S/C20H19N3O2/c1-2-25-19-12-9-14-5-3-4-6-17(14)18(19)13-22-23-20(24)15-7-10-16(21)11-8-15/h3-13H,2,21H2,1H3,(H,23,24). The second-order valence-electron chi connectivity index (χ2n) is 5.45. The van der Waals surface area contributed by atoms with Gasteiger partial charge in [0.05, 0.1) is 12.8 Å². The third-order valence-electron chi connectivity index (χ3n) is 3.76. The number of nitrogens with two attached hydrogens (primary N) is 1. The summed E-state index contributed by atoms with van der Waals surface area (Å²) in [6.45, 7) is 2.48. The Bertz CT molecular complexity index is 918. The summed E-state index contributed by atoms with van der Waals surface area (Å²) in [6.07, 6.45) is 1.61. The minimum atomic E-state index is -0.297. The van der Waals surface area contributed by atoms with E-state index in [4.69, 9.17) is 10.5 Å². The van der Waals surface area contributed by atoms with Crippen LogP contribution in [0.2, 0.25) is 0 Å². The van der Waals surface area contributed by atoms with Gasteiger partial charge in [-0.05, 0) is 48.0 Å². The molecule has 0 radical (unpaired) electrons. The average Bonchev–Trinajstić information content (AvgIpc) is 2.64. The Morgan fingerprint density at radius 2 is 1.88 bits per heavy atom. The molecule has 126 valence electrons. The highest BCUT2D eigenvalue weighted by atomic mass is 16.5. The molecule has 3 rings (SSSR count). The van der Waals surface area contributed by atoms with Crippen molar-refractivity contribution in [3.8, 4) is 5.75 Å². The molecule has 0 atom stereocenters. The molecule has 0 aliphatic carbocycles. The first-order valence-corrected chi connectivity index (χ1v) is 8.02. The topological polar surface area (TPSA) is 76.7 Å². The van der Waals surface area contributed by atoms with Crippen LogP contribution in [-0.4, -0.2) is 18.7 Å². The highest BCUT2D eigenvalue weighted by Crippen LogP contribution is 2.26. The van der Waals surface area contributed by atoms with Crippen molar-refractivity contribution >= 4 is 28.6 Å². The lowest BCUT2D eigenvalue weighted by Gasteiger charge is -2.10. The third kappa shape index (κ3) is 3.77. The summed E-state index contributed by atoms with van der Waals surface area (Å²) in [5.41, 5.74) is 10.1. The van der Waals surface area contributed by atoms with Crippen LogP contribution in [0.1, 0.15) is 22.8 Å². The highest BCUT2D eigenvalue weighted by molar-refractivity contribution is 6.03. The van der Waals surface area contributed by atoms with E-state index in [1.54, 1.807) is 30.5 Å². The number of amides is 1. The Morgan fingerprint density at radius 3 is 2.64 bits per heavy atom. The number of carbonyl (C=O) groups is 1.